The van der Waals surface area contributed by atoms with Crippen LogP contribution >= 0.6 is 11.6 Å². The quantitative estimate of drug-likeness (QED) is 0.798. The Morgan fingerprint density at radius 2 is 1.84 bits per heavy atom. The molecule has 0 saturated heterocycles. The second-order valence-electron chi connectivity index (χ2n) is 4.01. The summed E-state index contributed by atoms with van der Waals surface area (Å²) >= 11 is 5.98. The molecule has 0 unspecified atom stereocenters. The molecule has 2 nitrogen and oxygen atoms in total. The SMILES string of the molecule is CN(Cc1ccccc1Cl)c1nc(F)c(F)cc1F. The molecule has 0 fully saturated rings. The minimum atomic E-state index is -1.33. The molecule has 0 aliphatic heterocycles. The van der Waals surface area contributed by atoms with Gasteiger partial charge in [0.25, 0.3) is 5.95 Å². The highest BCUT2D eigenvalue weighted by atomic mass is 35.5. The number of benzene rings is 1. The number of anilines is 1. The van der Waals surface area contributed by atoms with Gasteiger partial charge in [-0.05, 0) is 11.6 Å². The molecule has 0 bridgehead atoms. The van der Waals surface area contributed by atoms with Crippen LogP contribution in [-0.2, 0) is 6.54 Å². The van der Waals surface area contributed by atoms with Gasteiger partial charge in [-0.1, -0.05) is 29.8 Å². The van der Waals surface area contributed by atoms with Crippen molar-refractivity contribution in [2.45, 2.75) is 6.54 Å². The summed E-state index contributed by atoms with van der Waals surface area (Å²) in [6, 6.07) is 7.48. The van der Waals surface area contributed by atoms with Gasteiger partial charge in [-0.15, -0.1) is 0 Å². The molecule has 1 aromatic heterocycles. The van der Waals surface area contributed by atoms with Crippen molar-refractivity contribution in [1.29, 1.82) is 0 Å². The fourth-order valence-corrected chi connectivity index (χ4v) is 1.86. The highest BCUT2D eigenvalue weighted by Gasteiger charge is 2.15. The largest absolute Gasteiger partial charge is 0.353 e. The van der Waals surface area contributed by atoms with Crippen LogP contribution in [0.15, 0.2) is 30.3 Å². The molecule has 1 aromatic carbocycles. The molecule has 2 aromatic rings. The van der Waals surface area contributed by atoms with Crippen molar-refractivity contribution in [2.24, 2.45) is 0 Å². The van der Waals surface area contributed by atoms with E-state index in [-0.39, 0.29) is 12.4 Å². The summed E-state index contributed by atoms with van der Waals surface area (Å²) in [6.07, 6.45) is 0. The second kappa shape index (κ2) is 5.48. The monoisotopic (exact) mass is 286 g/mol. The van der Waals surface area contributed by atoms with Crippen molar-refractivity contribution in [3.05, 3.63) is 58.5 Å². The van der Waals surface area contributed by atoms with Crippen molar-refractivity contribution in [3.63, 3.8) is 0 Å². The predicted molar refractivity (Wildman–Crippen MR) is 67.7 cm³/mol. The Morgan fingerprint density at radius 3 is 2.53 bits per heavy atom. The molecule has 0 N–H and O–H groups in total. The van der Waals surface area contributed by atoms with Crippen molar-refractivity contribution < 1.29 is 13.2 Å². The number of pyridine rings is 1. The summed E-state index contributed by atoms with van der Waals surface area (Å²) in [5, 5.41) is 0.511. The average Bonchev–Trinajstić information content (AvgIpc) is 2.36. The third-order valence-corrected chi connectivity index (χ3v) is 2.96. The Kier molecular flexibility index (Phi) is 3.95. The minimum Gasteiger partial charge on any atom is -0.353 e. The highest BCUT2D eigenvalue weighted by molar-refractivity contribution is 6.31. The summed E-state index contributed by atoms with van der Waals surface area (Å²) in [5.41, 5.74) is 0.734. The van der Waals surface area contributed by atoms with Crippen molar-refractivity contribution in [3.8, 4) is 0 Å². The van der Waals surface area contributed by atoms with E-state index >= 15 is 0 Å². The van der Waals surface area contributed by atoms with E-state index in [1.807, 2.05) is 0 Å². The number of aromatic nitrogens is 1. The average molecular weight is 287 g/mol. The third-order valence-electron chi connectivity index (χ3n) is 2.60. The van der Waals surface area contributed by atoms with Gasteiger partial charge < -0.3 is 4.90 Å². The summed E-state index contributed by atoms with van der Waals surface area (Å²) in [4.78, 5) is 4.62. The lowest BCUT2D eigenvalue weighted by Gasteiger charge is -2.19. The van der Waals surface area contributed by atoms with Crippen molar-refractivity contribution >= 4 is 17.4 Å². The lowest BCUT2D eigenvalue weighted by atomic mass is 10.2. The van der Waals surface area contributed by atoms with Gasteiger partial charge in [0.15, 0.2) is 17.5 Å². The first-order valence-electron chi connectivity index (χ1n) is 5.45. The molecule has 0 atom stereocenters. The fourth-order valence-electron chi connectivity index (χ4n) is 1.66. The van der Waals surface area contributed by atoms with Crippen LogP contribution in [0.2, 0.25) is 5.02 Å². The molecule has 1 heterocycles. The Labute approximate surface area is 113 Å². The molecule has 0 aliphatic carbocycles. The standard InChI is InChI=1S/C13H10ClF3N2/c1-19(7-8-4-2-3-5-9(8)14)13-11(16)6-10(15)12(17)18-13/h2-6H,7H2,1H3. The first-order valence-corrected chi connectivity index (χ1v) is 5.83. The molecule has 6 heteroatoms. The Hall–Kier alpha value is -1.75. The van der Waals surface area contributed by atoms with E-state index in [0.29, 0.717) is 11.1 Å². The number of halogens is 4. The van der Waals surface area contributed by atoms with E-state index in [4.69, 9.17) is 11.6 Å². The third kappa shape index (κ3) is 2.98. The van der Waals surface area contributed by atoms with Crippen LogP contribution in [0.3, 0.4) is 0 Å². The zero-order valence-electron chi connectivity index (χ0n) is 10.0. The van der Waals surface area contributed by atoms with Gasteiger partial charge in [-0.3, -0.25) is 0 Å². The fraction of sp³-hybridized carbons (Fsp3) is 0.154. The summed E-state index contributed by atoms with van der Waals surface area (Å²) in [6.45, 7) is 0.231. The highest BCUT2D eigenvalue weighted by Crippen LogP contribution is 2.22. The van der Waals surface area contributed by atoms with E-state index in [1.54, 1.807) is 24.3 Å². The predicted octanol–water partition coefficient (Wildman–Crippen LogP) is 3.79. The lowest BCUT2D eigenvalue weighted by molar-refractivity contribution is 0.463. The van der Waals surface area contributed by atoms with Gasteiger partial charge in [0.05, 0.1) is 0 Å². The Morgan fingerprint density at radius 1 is 1.16 bits per heavy atom. The molecule has 0 amide bonds. The Balaban J connectivity index is 2.28. The van der Waals surface area contributed by atoms with E-state index in [9.17, 15) is 13.2 Å². The molecule has 19 heavy (non-hydrogen) atoms. The van der Waals surface area contributed by atoms with Crippen LogP contribution in [0, 0.1) is 17.6 Å². The maximum atomic E-state index is 13.5. The number of rotatable bonds is 3. The Bertz CT molecular complexity index is 604. The van der Waals surface area contributed by atoms with Crippen LogP contribution in [-0.4, -0.2) is 12.0 Å². The van der Waals surface area contributed by atoms with Gasteiger partial charge in [-0.2, -0.15) is 9.37 Å². The van der Waals surface area contributed by atoms with Gasteiger partial charge in [0, 0.05) is 24.7 Å². The van der Waals surface area contributed by atoms with Gasteiger partial charge in [0.1, 0.15) is 0 Å². The van der Waals surface area contributed by atoms with E-state index < -0.39 is 17.6 Å². The molecule has 100 valence electrons. The molecule has 0 radical (unpaired) electrons. The van der Waals surface area contributed by atoms with Gasteiger partial charge >= 0.3 is 0 Å². The van der Waals surface area contributed by atoms with Crippen LogP contribution in [0.5, 0.6) is 0 Å². The van der Waals surface area contributed by atoms with E-state index in [2.05, 4.69) is 4.98 Å². The second-order valence-corrected chi connectivity index (χ2v) is 4.42. The first-order chi connectivity index (χ1) is 8.99. The first kappa shape index (κ1) is 13.7. The minimum absolute atomic E-state index is 0.231. The van der Waals surface area contributed by atoms with Gasteiger partial charge in [-0.25, -0.2) is 8.78 Å². The summed E-state index contributed by atoms with van der Waals surface area (Å²) in [5.74, 6) is -3.83. The topological polar surface area (TPSA) is 16.1 Å². The molecule has 0 spiro atoms. The zero-order valence-corrected chi connectivity index (χ0v) is 10.8. The molecular weight excluding hydrogens is 277 g/mol. The van der Waals surface area contributed by atoms with Crippen molar-refractivity contribution in [2.75, 3.05) is 11.9 Å². The maximum absolute atomic E-state index is 13.5. The van der Waals surface area contributed by atoms with Crippen LogP contribution in [0.1, 0.15) is 5.56 Å². The number of hydrogen-bond acceptors (Lipinski definition) is 2. The maximum Gasteiger partial charge on any atom is 0.251 e. The van der Waals surface area contributed by atoms with E-state index in [0.717, 1.165) is 5.56 Å². The normalized spacial score (nSPS) is 10.6. The van der Waals surface area contributed by atoms with Crippen molar-refractivity contribution in [1.82, 2.24) is 4.98 Å². The lowest BCUT2D eigenvalue weighted by Crippen LogP contribution is -2.20. The zero-order chi connectivity index (χ0) is 14.0. The van der Waals surface area contributed by atoms with Crippen LogP contribution in [0.4, 0.5) is 19.0 Å². The van der Waals surface area contributed by atoms with E-state index in [1.165, 1.54) is 11.9 Å². The number of nitrogens with zero attached hydrogens (tertiary/aromatic N) is 2. The smallest absolute Gasteiger partial charge is 0.251 e. The van der Waals surface area contributed by atoms with Crippen LogP contribution in [0.25, 0.3) is 0 Å². The van der Waals surface area contributed by atoms with Crippen LogP contribution < -0.4 is 4.90 Å². The molecular formula is C13H10ClF3N2. The van der Waals surface area contributed by atoms with Gasteiger partial charge in [0.2, 0.25) is 0 Å². The molecule has 0 saturated carbocycles. The molecule has 0 aliphatic rings. The number of hydrogen-bond donors (Lipinski definition) is 0. The summed E-state index contributed by atoms with van der Waals surface area (Å²) < 4.78 is 39.4. The molecule has 2 rings (SSSR count). The summed E-state index contributed by atoms with van der Waals surface area (Å²) in [7, 11) is 1.52.